The number of benzene rings is 1. The fraction of sp³-hybridized carbons (Fsp3) is 0. The van der Waals surface area contributed by atoms with Gasteiger partial charge in [-0.15, -0.1) is 0 Å². The summed E-state index contributed by atoms with van der Waals surface area (Å²) < 4.78 is 53.4. The van der Waals surface area contributed by atoms with Crippen LogP contribution in [0.15, 0.2) is 41.4 Å². The Hall–Kier alpha value is -1.73. The van der Waals surface area contributed by atoms with E-state index in [4.69, 9.17) is 15.4 Å². The zero-order chi connectivity index (χ0) is 14.0. The fourth-order valence-corrected chi connectivity index (χ4v) is 2.19. The van der Waals surface area contributed by atoms with Crippen LogP contribution in [-0.4, -0.2) is 13.4 Å². The first-order valence-electron chi connectivity index (χ1n) is 4.90. The molecule has 0 unspecified atom stereocenters. The lowest BCUT2D eigenvalue weighted by Crippen LogP contribution is -1.98. The third-order valence-electron chi connectivity index (χ3n) is 2.10. The molecule has 0 amide bonds. The van der Waals surface area contributed by atoms with Gasteiger partial charge in [-0.3, -0.25) is 0 Å². The second-order valence-corrected chi connectivity index (χ2v) is 5.96. The van der Waals surface area contributed by atoms with Gasteiger partial charge < -0.3 is 4.74 Å². The Morgan fingerprint density at radius 3 is 2.53 bits per heavy atom. The summed E-state index contributed by atoms with van der Waals surface area (Å²) in [6.07, 6.45) is 1.28. The molecule has 1 heterocycles. The van der Waals surface area contributed by atoms with Gasteiger partial charge in [0.2, 0.25) is 5.88 Å². The monoisotopic (exact) mass is 305 g/mol. The molecule has 0 fully saturated rings. The standard InChI is InChI=1S/C11H6ClF2NO3S/c12-19(16,17)10-2-1-5-15-11(10)18-7-3-4-8(13)9(14)6-7/h1-6H. The van der Waals surface area contributed by atoms with E-state index in [2.05, 4.69) is 4.98 Å². The van der Waals surface area contributed by atoms with Gasteiger partial charge in [0.25, 0.3) is 9.05 Å². The maximum atomic E-state index is 13.0. The normalized spacial score (nSPS) is 11.3. The van der Waals surface area contributed by atoms with Gasteiger partial charge in [-0.25, -0.2) is 22.2 Å². The number of hydrogen-bond donors (Lipinski definition) is 0. The molecule has 0 saturated carbocycles. The van der Waals surface area contributed by atoms with Crippen molar-refractivity contribution in [3.63, 3.8) is 0 Å². The molecule has 8 heteroatoms. The van der Waals surface area contributed by atoms with Gasteiger partial charge in [0.05, 0.1) is 0 Å². The summed E-state index contributed by atoms with van der Waals surface area (Å²) in [6.45, 7) is 0. The van der Waals surface area contributed by atoms with Crippen molar-refractivity contribution in [3.05, 3.63) is 48.2 Å². The van der Waals surface area contributed by atoms with Gasteiger partial charge in [0, 0.05) is 22.9 Å². The van der Waals surface area contributed by atoms with Crippen molar-refractivity contribution in [3.8, 4) is 11.6 Å². The molecular weight excluding hydrogens is 300 g/mol. The summed E-state index contributed by atoms with van der Waals surface area (Å²) in [5.41, 5.74) is 0. The van der Waals surface area contributed by atoms with E-state index in [0.717, 1.165) is 18.2 Å². The van der Waals surface area contributed by atoms with E-state index in [0.29, 0.717) is 0 Å². The second-order valence-electron chi connectivity index (χ2n) is 3.42. The molecule has 0 aliphatic rings. The van der Waals surface area contributed by atoms with E-state index in [-0.39, 0.29) is 16.5 Å². The lowest BCUT2D eigenvalue weighted by atomic mass is 10.3. The average molecular weight is 306 g/mol. The van der Waals surface area contributed by atoms with Crippen molar-refractivity contribution < 1.29 is 21.9 Å². The van der Waals surface area contributed by atoms with Crippen LogP contribution in [0.25, 0.3) is 0 Å². The Balaban J connectivity index is 2.41. The molecule has 100 valence electrons. The second kappa shape index (κ2) is 5.10. The number of pyridine rings is 1. The Morgan fingerprint density at radius 1 is 1.16 bits per heavy atom. The third kappa shape index (κ3) is 3.18. The number of ether oxygens (including phenoxy) is 1. The van der Waals surface area contributed by atoms with Crippen LogP contribution in [0.1, 0.15) is 0 Å². The van der Waals surface area contributed by atoms with Gasteiger partial charge in [0.15, 0.2) is 11.6 Å². The molecule has 1 aromatic carbocycles. The van der Waals surface area contributed by atoms with Crippen LogP contribution in [0.4, 0.5) is 8.78 Å². The van der Waals surface area contributed by atoms with Crippen LogP contribution in [-0.2, 0) is 9.05 Å². The molecule has 2 rings (SSSR count). The number of aromatic nitrogens is 1. The first kappa shape index (κ1) is 13.7. The van der Waals surface area contributed by atoms with Crippen LogP contribution in [0.5, 0.6) is 11.6 Å². The predicted octanol–water partition coefficient (Wildman–Crippen LogP) is 3.08. The van der Waals surface area contributed by atoms with E-state index in [1.807, 2.05) is 0 Å². The van der Waals surface area contributed by atoms with Crippen molar-refractivity contribution in [1.82, 2.24) is 4.98 Å². The van der Waals surface area contributed by atoms with E-state index in [1.54, 1.807) is 0 Å². The highest BCUT2D eigenvalue weighted by Gasteiger charge is 2.18. The zero-order valence-corrected chi connectivity index (χ0v) is 10.8. The number of hydrogen-bond acceptors (Lipinski definition) is 4. The SMILES string of the molecule is O=S(=O)(Cl)c1cccnc1Oc1ccc(F)c(F)c1. The molecule has 0 spiro atoms. The minimum absolute atomic E-state index is 0.0980. The molecule has 0 bridgehead atoms. The third-order valence-corrected chi connectivity index (χ3v) is 3.44. The predicted molar refractivity (Wildman–Crippen MR) is 63.7 cm³/mol. The minimum atomic E-state index is -4.05. The highest BCUT2D eigenvalue weighted by Crippen LogP contribution is 2.29. The summed E-state index contributed by atoms with van der Waals surface area (Å²) in [5, 5.41) is 0. The van der Waals surface area contributed by atoms with Crippen molar-refractivity contribution in [2.75, 3.05) is 0 Å². The Labute approximate surface area is 112 Å². The molecule has 0 aliphatic carbocycles. The molecule has 1 aromatic heterocycles. The molecule has 0 aliphatic heterocycles. The molecule has 0 atom stereocenters. The first-order valence-corrected chi connectivity index (χ1v) is 7.21. The van der Waals surface area contributed by atoms with Crippen LogP contribution < -0.4 is 4.74 Å². The first-order chi connectivity index (χ1) is 8.88. The number of rotatable bonds is 3. The molecule has 2 aromatic rings. The van der Waals surface area contributed by atoms with E-state index in [9.17, 15) is 17.2 Å². The minimum Gasteiger partial charge on any atom is -0.438 e. The molecule has 0 N–H and O–H groups in total. The number of halogens is 3. The average Bonchev–Trinajstić information content (AvgIpc) is 2.33. The Kier molecular flexibility index (Phi) is 3.68. The van der Waals surface area contributed by atoms with E-state index in [1.165, 1.54) is 18.3 Å². The molecular formula is C11H6ClF2NO3S. The Morgan fingerprint density at radius 2 is 1.89 bits per heavy atom. The van der Waals surface area contributed by atoms with Crippen molar-refractivity contribution in [1.29, 1.82) is 0 Å². The van der Waals surface area contributed by atoms with Gasteiger partial charge in [0.1, 0.15) is 10.6 Å². The van der Waals surface area contributed by atoms with Gasteiger partial charge in [-0.1, -0.05) is 0 Å². The van der Waals surface area contributed by atoms with Crippen LogP contribution in [0.3, 0.4) is 0 Å². The summed E-state index contributed by atoms with van der Waals surface area (Å²) >= 11 is 0. The lowest BCUT2D eigenvalue weighted by molar-refractivity contribution is 0.436. The summed E-state index contributed by atoms with van der Waals surface area (Å²) in [4.78, 5) is 3.33. The maximum absolute atomic E-state index is 13.0. The quantitative estimate of drug-likeness (QED) is 0.818. The van der Waals surface area contributed by atoms with Crippen LogP contribution in [0, 0.1) is 11.6 Å². The van der Waals surface area contributed by atoms with Crippen molar-refractivity contribution in [2.24, 2.45) is 0 Å². The smallest absolute Gasteiger partial charge is 0.266 e. The Bertz CT molecular complexity index is 722. The summed E-state index contributed by atoms with van der Waals surface area (Å²) in [5.74, 6) is -2.58. The van der Waals surface area contributed by atoms with E-state index >= 15 is 0 Å². The van der Waals surface area contributed by atoms with E-state index < -0.39 is 20.7 Å². The molecule has 0 saturated heterocycles. The maximum Gasteiger partial charge on any atom is 0.266 e. The van der Waals surface area contributed by atoms with Gasteiger partial charge in [-0.05, 0) is 24.3 Å². The van der Waals surface area contributed by atoms with Crippen LogP contribution >= 0.6 is 10.7 Å². The molecule has 19 heavy (non-hydrogen) atoms. The van der Waals surface area contributed by atoms with Crippen molar-refractivity contribution >= 4 is 19.7 Å². The van der Waals surface area contributed by atoms with Gasteiger partial charge in [-0.2, -0.15) is 0 Å². The van der Waals surface area contributed by atoms with Crippen LogP contribution in [0.2, 0.25) is 0 Å². The van der Waals surface area contributed by atoms with Crippen molar-refractivity contribution in [2.45, 2.75) is 4.90 Å². The largest absolute Gasteiger partial charge is 0.438 e. The molecule has 0 radical (unpaired) electrons. The highest BCUT2D eigenvalue weighted by molar-refractivity contribution is 8.13. The highest BCUT2D eigenvalue weighted by atomic mass is 35.7. The summed E-state index contributed by atoms with van der Waals surface area (Å²) in [7, 11) is 1.15. The fourth-order valence-electron chi connectivity index (χ4n) is 1.29. The summed E-state index contributed by atoms with van der Waals surface area (Å²) in [6, 6.07) is 5.30. The number of nitrogens with zero attached hydrogens (tertiary/aromatic N) is 1. The topological polar surface area (TPSA) is 56.3 Å². The molecule has 4 nitrogen and oxygen atoms in total. The zero-order valence-electron chi connectivity index (χ0n) is 9.18. The lowest BCUT2D eigenvalue weighted by Gasteiger charge is -2.07. The van der Waals surface area contributed by atoms with Gasteiger partial charge >= 0.3 is 0 Å².